The van der Waals surface area contributed by atoms with Gasteiger partial charge in [-0.2, -0.15) is 4.31 Å². The van der Waals surface area contributed by atoms with Crippen molar-refractivity contribution in [2.24, 2.45) is 17.4 Å². The van der Waals surface area contributed by atoms with E-state index >= 15 is 0 Å². The summed E-state index contributed by atoms with van der Waals surface area (Å²) in [4.78, 5) is 15.2. The van der Waals surface area contributed by atoms with Crippen molar-refractivity contribution in [3.8, 4) is 0 Å². The number of aromatic nitrogens is 1. The Hall–Kier alpha value is -1.58. The zero-order chi connectivity index (χ0) is 15.6. The Kier molecular flexibility index (Phi) is 4.55. The highest BCUT2D eigenvalue weighted by Crippen LogP contribution is 2.23. The van der Waals surface area contributed by atoms with Crippen LogP contribution in [0.1, 0.15) is 18.5 Å². The Bertz CT molecular complexity index is 650. The summed E-state index contributed by atoms with van der Waals surface area (Å²) in [6.07, 6.45) is 2.12. The van der Waals surface area contributed by atoms with Crippen LogP contribution in [0.3, 0.4) is 0 Å². The molecule has 1 aromatic rings. The van der Waals surface area contributed by atoms with Crippen molar-refractivity contribution in [3.63, 3.8) is 0 Å². The van der Waals surface area contributed by atoms with Gasteiger partial charge in [-0.25, -0.2) is 8.42 Å². The van der Waals surface area contributed by atoms with E-state index in [0.717, 1.165) is 0 Å². The zero-order valence-corrected chi connectivity index (χ0v) is 12.9. The highest BCUT2D eigenvalue weighted by molar-refractivity contribution is 7.89. The maximum absolute atomic E-state index is 12.5. The van der Waals surface area contributed by atoms with E-state index in [1.54, 1.807) is 0 Å². The summed E-state index contributed by atoms with van der Waals surface area (Å²) in [6.45, 7) is 0.542. The zero-order valence-electron chi connectivity index (χ0n) is 11.2. The minimum atomic E-state index is -3.62. The third kappa shape index (κ3) is 3.36. The lowest BCUT2D eigenvalue weighted by molar-refractivity contribution is -0.122. The van der Waals surface area contributed by atoms with Gasteiger partial charge in [0.15, 0.2) is 0 Å². The van der Waals surface area contributed by atoms with Gasteiger partial charge in [0.05, 0.1) is 5.69 Å². The molecule has 7 nitrogen and oxygen atoms in total. The summed E-state index contributed by atoms with van der Waals surface area (Å²) in [5.41, 5.74) is 11.0. The monoisotopic (exact) mass is 328 g/mol. The van der Waals surface area contributed by atoms with E-state index in [0.29, 0.717) is 18.5 Å². The summed E-state index contributed by atoms with van der Waals surface area (Å²) in [5, 5.41) is 0. The molecule has 2 rings (SSSR count). The van der Waals surface area contributed by atoms with Gasteiger partial charge in [0, 0.05) is 25.2 Å². The Morgan fingerprint density at radius 1 is 1.29 bits per heavy atom. The van der Waals surface area contributed by atoms with Gasteiger partial charge in [-0.3, -0.25) is 9.78 Å². The van der Waals surface area contributed by atoms with Crippen LogP contribution >= 0.6 is 12.2 Å². The highest BCUT2D eigenvalue weighted by atomic mass is 32.2. The highest BCUT2D eigenvalue weighted by Gasteiger charge is 2.31. The molecule has 1 amide bonds. The van der Waals surface area contributed by atoms with Crippen LogP contribution in [0.15, 0.2) is 23.2 Å². The van der Waals surface area contributed by atoms with Crippen LogP contribution in [-0.4, -0.2) is 41.7 Å². The largest absolute Gasteiger partial charge is 0.388 e. The number of amides is 1. The van der Waals surface area contributed by atoms with E-state index in [-0.39, 0.29) is 34.8 Å². The molecule has 0 radical (unpaired) electrons. The second kappa shape index (κ2) is 6.04. The van der Waals surface area contributed by atoms with Crippen molar-refractivity contribution >= 4 is 33.1 Å². The minimum Gasteiger partial charge on any atom is -0.388 e. The predicted octanol–water partition coefficient (Wildman–Crippen LogP) is -0.398. The first-order valence-corrected chi connectivity index (χ1v) is 8.22. The number of hydrogen-bond acceptors (Lipinski definition) is 5. The summed E-state index contributed by atoms with van der Waals surface area (Å²) >= 11 is 4.77. The quantitative estimate of drug-likeness (QED) is 0.726. The number of primary amides is 1. The fourth-order valence-corrected chi connectivity index (χ4v) is 3.74. The molecule has 0 aromatic carbocycles. The van der Waals surface area contributed by atoms with Crippen LogP contribution in [-0.2, 0) is 14.8 Å². The molecule has 1 saturated heterocycles. The number of piperidine rings is 1. The van der Waals surface area contributed by atoms with Gasteiger partial charge < -0.3 is 11.5 Å². The van der Waals surface area contributed by atoms with Gasteiger partial charge in [0.1, 0.15) is 9.88 Å². The van der Waals surface area contributed by atoms with Crippen LogP contribution < -0.4 is 11.5 Å². The maximum atomic E-state index is 12.5. The number of hydrogen-bond donors (Lipinski definition) is 2. The van der Waals surface area contributed by atoms with E-state index in [9.17, 15) is 13.2 Å². The first kappa shape index (κ1) is 15.8. The number of pyridine rings is 1. The SMILES string of the molecule is NC(=O)C1CCN(S(=O)(=O)c2ccc(C(N)=S)nc2)CC1. The van der Waals surface area contributed by atoms with Crippen molar-refractivity contribution in [2.75, 3.05) is 13.1 Å². The lowest BCUT2D eigenvalue weighted by Gasteiger charge is -2.29. The summed E-state index contributed by atoms with van der Waals surface area (Å²) in [5.74, 6) is -0.638. The maximum Gasteiger partial charge on any atom is 0.244 e. The minimum absolute atomic E-state index is 0.0834. The fraction of sp³-hybridized carbons (Fsp3) is 0.417. The molecule has 1 aliphatic rings. The number of thiocarbonyl (C=S) groups is 1. The first-order chi connectivity index (χ1) is 9.82. The molecule has 0 atom stereocenters. The average molecular weight is 328 g/mol. The molecular weight excluding hydrogens is 312 g/mol. The van der Waals surface area contributed by atoms with E-state index in [4.69, 9.17) is 23.7 Å². The van der Waals surface area contributed by atoms with Crippen LogP contribution in [0.25, 0.3) is 0 Å². The summed E-state index contributed by atoms with van der Waals surface area (Å²) in [7, 11) is -3.62. The van der Waals surface area contributed by atoms with E-state index in [1.807, 2.05) is 0 Å². The smallest absolute Gasteiger partial charge is 0.244 e. The molecule has 4 N–H and O–H groups in total. The number of nitrogens with two attached hydrogens (primary N) is 2. The number of carbonyl (C=O) groups is 1. The Morgan fingerprint density at radius 3 is 2.33 bits per heavy atom. The van der Waals surface area contributed by atoms with Gasteiger partial charge >= 0.3 is 0 Å². The average Bonchev–Trinajstić information content (AvgIpc) is 2.47. The number of sulfonamides is 1. The molecule has 0 spiro atoms. The predicted molar refractivity (Wildman–Crippen MR) is 80.8 cm³/mol. The third-order valence-electron chi connectivity index (χ3n) is 3.48. The van der Waals surface area contributed by atoms with E-state index < -0.39 is 10.0 Å². The van der Waals surface area contributed by atoms with Crippen LogP contribution in [0, 0.1) is 5.92 Å². The second-order valence-electron chi connectivity index (χ2n) is 4.82. The van der Waals surface area contributed by atoms with Crippen LogP contribution in [0.4, 0.5) is 0 Å². The molecule has 1 aliphatic heterocycles. The molecule has 0 saturated carbocycles. The topological polar surface area (TPSA) is 119 Å². The standard InChI is InChI=1S/C12H16N4O3S2/c13-11(17)8-3-5-16(6-4-8)21(18,19)9-1-2-10(12(14)20)15-7-9/h1-2,7-8H,3-6H2,(H2,13,17)(H2,14,20). The van der Waals surface area contributed by atoms with Gasteiger partial charge in [-0.05, 0) is 25.0 Å². The summed E-state index contributed by atoms with van der Waals surface area (Å²) in [6, 6.07) is 2.91. The Morgan fingerprint density at radius 2 is 1.90 bits per heavy atom. The second-order valence-corrected chi connectivity index (χ2v) is 7.20. The lowest BCUT2D eigenvalue weighted by Crippen LogP contribution is -2.41. The molecule has 114 valence electrons. The van der Waals surface area contributed by atoms with Crippen LogP contribution in [0.5, 0.6) is 0 Å². The molecule has 9 heteroatoms. The number of nitrogens with zero attached hydrogens (tertiary/aromatic N) is 2. The normalized spacial score (nSPS) is 17.5. The van der Waals surface area contributed by atoms with Gasteiger partial charge in [0.2, 0.25) is 15.9 Å². The van der Waals surface area contributed by atoms with Crippen molar-refractivity contribution in [1.82, 2.24) is 9.29 Å². The molecule has 0 unspecified atom stereocenters. The summed E-state index contributed by atoms with van der Waals surface area (Å²) < 4.78 is 26.2. The molecule has 1 fully saturated rings. The first-order valence-electron chi connectivity index (χ1n) is 6.37. The molecule has 0 bridgehead atoms. The molecular formula is C12H16N4O3S2. The van der Waals surface area contributed by atoms with Crippen LogP contribution in [0.2, 0.25) is 0 Å². The van der Waals surface area contributed by atoms with Crippen molar-refractivity contribution in [3.05, 3.63) is 24.0 Å². The van der Waals surface area contributed by atoms with Gasteiger partial charge in [-0.1, -0.05) is 12.2 Å². The fourth-order valence-electron chi connectivity index (χ4n) is 2.21. The Labute approximate surface area is 128 Å². The number of rotatable bonds is 4. The number of carbonyl (C=O) groups excluding carboxylic acids is 1. The Balaban J connectivity index is 2.15. The molecule has 1 aromatic heterocycles. The molecule has 0 aliphatic carbocycles. The lowest BCUT2D eigenvalue weighted by atomic mass is 9.98. The third-order valence-corrected chi connectivity index (χ3v) is 5.57. The van der Waals surface area contributed by atoms with E-state index in [1.165, 1.54) is 22.6 Å². The van der Waals surface area contributed by atoms with Crippen molar-refractivity contribution < 1.29 is 13.2 Å². The molecule has 21 heavy (non-hydrogen) atoms. The van der Waals surface area contributed by atoms with Gasteiger partial charge in [0.25, 0.3) is 0 Å². The van der Waals surface area contributed by atoms with E-state index in [2.05, 4.69) is 4.98 Å². The van der Waals surface area contributed by atoms with Gasteiger partial charge in [-0.15, -0.1) is 0 Å². The van der Waals surface area contributed by atoms with Crippen molar-refractivity contribution in [1.29, 1.82) is 0 Å². The van der Waals surface area contributed by atoms with Crippen molar-refractivity contribution in [2.45, 2.75) is 17.7 Å². The molecule has 2 heterocycles.